The van der Waals surface area contributed by atoms with Gasteiger partial charge in [-0.2, -0.15) is 13.2 Å². The first-order valence-electron chi connectivity index (χ1n) is 17.0. The number of likely N-dealkylation sites (N-methyl/N-ethyl adjacent to an activating group) is 1. The van der Waals surface area contributed by atoms with Gasteiger partial charge in [-0.15, -0.1) is 0 Å². The molecule has 0 radical (unpaired) electrons. The minimum atomic E-state index is -4.75. The summed E-state index contributed by atoms with van der Waals surface area (Å²) in [4.78, 5) is 41.6. The molecule has 0 unspecified atom stereocenters. The number of amides is 1. The van der Waals surface area contributed by atoms with E-state index < -0.39 is 47.7 Å². The highest BCUT2D eigenvalue weighted by Crippen LogP contribution is 2.39. The number of aryl methyl sites for hydroxylation is 3. The maximum Gasteiger partial charge on any atom is 0.416 e. The van der Waals surface area contributed by atoms with E-state index in [1.165, 1.54) is 12.1 Å². The first-order valence-corrected chi connectivity index (χ1v) is 17.0. The summed E-state index contributed by atoms with van der Waals surface area (Å²) < 4.78 is 57.7. The molecule has 49 heavy (non-hydrogen) atoms. The second-order valence-corrected chi connectivity index (χ2v) is 14.2. The monoisotopic (exact) mass is 683 g/mol. The number of carboxylic acid groups (broad SMARTS) is 1. The van der Waals surface area contributed by atoms with Gasteiger partial charge >= 0.3 is 12.1 Å². The molecule has 1 saturated carbocycles. The van der Waals surface area contributed by atoms with E-state index in [-0.39, 0.29) is 30.1 Å². The fourth-order valence-electron chi connectivity index (χ4n) is 7.27. The van der Waals surface area contributed by atoms with Crippen LogP contribution in [0.1, 0.15) is 97.0 Å². The molecule has 2 aliphatic rings. The first-order chi connectivity index (χ1) is 23.0. The van der Waals surface area contributed by atoms with E-state index in [2.05, 4.69) is 5.32 Å². The number of carbonyl (C=O) groups excluding carboxylic acids is 1. The van der Waals surface area contributed by atoms with Gasteiger partial charge < -0.3 is 19.9 Å². The minimum Gasteiger partial charge on any atom is -0.481 e. The summed E-state index contributed by atoms with van der Waals surface area (Å²) in [5, 5.41) is 12.8. The molecule has 0 spiro atoms. The van der Waals surface area contributed by atoms with Gasteiger partial charge in [-0.25, -0.2) is 4.39 Å². The molecule has 7 nitrogen and oxygen atoms in total. The van der Waals surface area contributed by atoms with E-state index in [0.29, 0.717) is 24.2 Å². The molecule has 1 aromatic heterocycles. The van der Waals surface area contributed by atoms with Gasteiger partial charge in [0.25, 0.3) is 5.56 Å². The third-order valence-corrected chi connectivity index (χ3v) is 9.81. The number of carbonyl (C=O) groups is 2. The number of alkyl halides is 3. The van der Waals surface area contributed by atoms with Crippen molar-refractivity contribution >= 4 is 11.9 Å². The van der Waals surface area contributed by atoms with Crippen molar-refractivity contribution in [2.45, 2.75) is 103 Å². The summed E-state index contributed by atoms with van der Waals surface area (Å²) in [5.41, 5.74) is 3.85. The molecule has 1 amide bonds. The number of pyridine rings is 1. The van der Waals surface area contributed by atoms with Gasteiger partial charge in [0.05, 0.1) is 18.0 Å². The molecular formula is C38H45F4N3O4. The van der Waals surface area contributed by atoms with Crippen LogP contribution in [0.5, 0.6) is 0 Å². The number of hydrogen-bond acceptors (Lipinski definition) is 4. The summed E-state index contributed by atoms with van der Waals surface area (Å²) in [6, 6.07) is 5.42. The predicted octanol–water partition coefficient (Wildman–Crippen LogP) is 7.33. The second kappa shape index (κ2) is 14.5. The number of fused-ring (bicyclic) bond motifs is 1. The lowest BCUT2D eigenvalue weighted by atomic mass is 9.87. The highest BCUT2D eigenvalue weighted by Gasteiger charge is 2.36. The summed E-state index contributed by atoms with van der Waals surface area (Å²) in [7, 11) is 1.86. The van der Waals surface area contributed by atoms with Crippen LogP contribution < -0.4 is 10.9 Å². The molecular weight excluding hydrogens is 638 g/mol. The highest BCUT2D eigenvalue weighted by molar-refractivity contribution is 5.82. The zero-order valence-electron chi connectivity index (χ0n) is 28.7. The Labute approximate surface area is 284 Å². The molecule has 0 bridgehead atoms. The summed E-state index contributed by atoms with van der Waals surface area (Å²) in [6.07, 6.45) is 0.590. The van der Waals surface area contributed by atoms with E-state index in [1.54, 1.807) is 0 Å². The SMILES string of the molecule is Cc1cc(F)cc(C)c1-c1cc([C@H](CC(=O)O)NC(=O)[C@@H](CC(C)C)n2cc(CCN(C)C3CC3)c(C(F)(F)F)cc2=O)cc2c1CCC2. The van der Waals surface area contributed by atoms with E-state index in [9.17, 15) is 37.1 Å². The van der Waals surface area contributed by atoms with Crippen molar-refractivity contribution < 1.29 is 32.3 Å². The van der Waals surface area contributed by atoms with Crippen LogP contribution >= 0.6 is 0 Å². The van der Waals surface area contributed by atoms with Crippen molar-refractivity contribution in [2.75, 3.05) is 13.6 Å². The van der Waals surface area contributed by atoms with Crippen LogP contribution in [0.25, 0.3) is 11.1 Å². The molecule has 1 fully saturated rings. The van der Waals surface area contributed by atoms with Crippen molar-refractivity contribution in [2.24, 2.45) is 5.92 Å². The Morgan fingerprint density at radius 2 is 1.73 bits per heavy atom. The zero-order valence-corrected chi connectivity index (χ0v) is 28.7. The van der Waals surface area contributed by atoms with Gasteiger partial charge in [-0.3, -0.25) is 14.4 Å². The predicted molar refractivity (Wildman–Crippen MR) is 180 cm³/mol. The van der Waals surface area contributed by atoms with Crippen LogP contribution in [0, 0.1) is 25.6 Å². The molecule has 1 heterocycles. The molecule has 5 rings (SSSR count). The summed E-state index contributed by atoms with van der Waals surface area (Å²) in [6.45, 7) is 7.70. The van der Waals surface area contributed by atoms with Gasteiger partial charge in [0.15, 0.2) is 0 Å². The number of aromatic nitrogens is 1. The minimum absolute atomic E-state index is 0.0416. The lowest BCUT2D eigenvalue weighted by Crippen LogP contribution is -2.40. The van der Waals surface area contributed by atoms with E-state index >= 15 is 0 Å². The number of halogens is 4. The molecule has 2 atom stereocenters. The van der Waals surface area contributed by atoms with Gasteiger partial charge in [0.2, 0.25) is 5.91 Å². The Hall–Kier alpha value is -3.99. The average Bonchev–Trinajstić information content (AvgIpc) is 3.74. The van der Waals surface area contributed by atoms with Crippen molar-refractivity contribution in [1.29, 1.82) is 0 Å². The average molecular weight is 684 g/mol. The zero-order chi connectivity index (χ0) is 35.8. The van der Waals surface area contributed by atoms with Crippen LogP contribution in [0.15, 0.2) is 41.3 Å². The Morgan fingerprint density at radius 1 is 1.06 bits per heavy atom. The number of hydrogen-bond donors (Lipinski definition) is 2. The Bertz CT molecular complexity index is 1770. The number of aliphatic carboxylic acids is 1. The molecule has 264 valence electrons. The number of benzene rings is 2. The van der Waals surface area contributed by atoms with Gasteiger partial charge in [-0.05, 0) is 134 Å². The third kappa shape index (κ3) is 8.43. The van der Waals surface area contributed by atoms with Crippen LogP contribution in [-0.4, -0.2) is 46.1 Å². The van der Waals surface area contributed by atoms with Crippen molar-refractivity contribution in [3.8, 4) is 11.1 Å². The van der Waals surface area contributed by atoms with Crippen LogP contribution in [-0.2, 0) is 35.0 Å². The van der Waals surface area contributed by atoms with Gasteiger partial charge in [0.1, 0.15) is 11.9 Å². The summed E-state index contributed by atoms with van der Waals surface area (Å²) >= 11 is 0. The Kier molecular flexibility index (Phi) is 10.7. The quantitative estimate of drug-likeness (QED) is 0.184. The molecule has 2 N–H and O–H groups in total. The largest absolute Gasteiger partial charge is 0.481 e. The van der Waals surface area contributed by atoms with E-state index in [0.717, 1.165) is 76.2 Å². The Balaban J connectivity index is 1.54. The van der Waals surface area contributed by atoms with Gasteiger partial charge in [-0.1, -0.05) is 19.9 Å². The summed E-state index contributed by atoms with van der Waals surface area (Å²) in [5.74, 6) is -2.28. The fraction of sp³-hybridized carbons (Fsp3) is 0.500. The van der Waals surface area contributed by atoms with Crippen LogP contribution in [0.3, 0.4) is 0 Å². The maximum absolute atomic E-state index is 14.2. The smallest absolute Gasteiger partial charge is 0.416 e. The number of nitrogens with one attached hydrogen (secondary N) is 1. The van der Waals surface area contributed by atoms with Crippen molar-refractivity contribution in [3.05, 3.63) is 91.6 Å². The third-order valence-electron chi connectivity index (χ3n) is 9.81. The molecule has 2 aromatic carbocycles. The van der Waals surface area contributed by atoms with Crippen LogP contribution in [0.2, 0.25) is 0 Å². The molecule has 0 aliphatic heterocycles. The lowest BCUT2D eigenvalue weighted by Gasteiger charge is -2.27. The Morgan fingerprint density at radius 3 is 2.33 bits per heavy atom. The molecule has 3 aromatic rings. The molecule has 2 aliphatic carbocycles. The highest BCUT2D eigenvalue weighted by atomic mass is 19.4. The van der Waals surface area contributed by atoms with E-state index in [1.807, 2.05) is 51.8 Å². The standard InChI is InChI=1S/C38H45F4N3O4/c1-21(2)13-33(45-20-25(11-12-44(5)28-9-10-28)31(18-34(45)46)38(40,41)42)37(49)43-32(19-35(47)48)26-16-24-7-6-8-29(24)30(17-26)36-22(3)14-27(39)15-23(36)4/h14-18,20-21,28,32-33H,6-13,19H2,1-5H3,(H,43,49)(H,47,48)/t32-,33+/m0/s1. The maximum atomic E-state index is 14.2. The van der Waals surface area contributed by atoms with Crippen molar-refractivity contribution in [1.82, 2.24) is 14.8 Å². The number of carboxylic acids is 1. The first kappa shape index (κ1) is 36.3. The lowest BCUT2D eigenvalue weighted by molar-refractivity contribution is -0.139. The molecule has 0 saturated heterocycles. The second-order valence-electron chi connectivity index (χ2n) is 14.2. The molecule has 11 heteroatoms. The van der Waals surface area contributed by atoms with Crippen LogP contribution in [0.4, 0.5) is 17.6 Å². The number of rotatable bonds is 13. The normalized spacial score (nSPS) is 15.8. The van der Waals surface area contributed by atoms with Gasteiger partial charge in [0, 0.05) is 24.8 Å². The van der Waals surface area contributed by atoms with E-state index in [4.69, 9.17) is 0 Å². The fourth-order valence-corrected chi connectivity index (χ4v) is 7.27. The van der Waals surface area contributed by atoms with Crippen molar-refractivity contribution in [3.63, 3.8) is 0 Å². The topological polar surface area (TPSA) is 91.6 Å². The number of nitrogens with zero attached hydrogens (tertiary/aromatic N) is 2.